The second kappa shape index (κ2) is 5.45. The number of nitrogens with zero attached hydrogens (tertiary/aromatic N) is 3. The smallest absolute Gasteiger partial charge is 0.243 e. The van der Waals surface area contributed by atoms with Crippen molar-refractivity contribution in [2.45, 2.75) is 32.2 Å². The number of nitrogens with one attached hydrogen (secondary N) is 1. The van der Waals surface area contributed by atoms with Crippen LogP contribution in [0.5, 0.6) is 0 Å². The zero-order valence-corrected chi connectivity index (χ0v) is 9.10. The van der Waals surface area contributed by atoms with Gasteiger partial charge in [0.1, 0.15) is 6.33 Å². The molecule has 1 amide bonds. The molecule has 3 N–H and O–H groups in total. The van der Waals surface area contributed by atoms with E-state index in [1.165, 1.54) is 11.0 Å². The van der Waals surface area contributed by atoms with Gasteiger partial charge in [-0.2, -0.15) is 10.1 Å². The molecule has 84 valence electrons. The van der Waals surface area contributed by atoms with Gasteiger partial charge in [0.2, 0.25) is 11.9 Å². The molecule has 6 heteroatoms. The maximum Gasteiger partial charge on any atom is 0.243 e. The van der Waals surface area contributed by atoms with Crippen LogP contribution in [0.2, 0.25) is 0 Å². The molecular weight excluding hydrogens is 194 g/mol. The zero-order valence-electron chi connectivity index (χ0n) is 9.10. The quantitative estimate of drug-likeness (QED) is 0.732. The summed E-state index contributed by atoms with van der Waals surface area (Å²) in [7, 11) is 1.71. The SMILES string of the molecule is CCCCC(N)C(=O)Nc1ncnn1C. The molecule has 0 aliphatic heterocycles. The molecular formula is C9H17N5O. The van der Waals surface area contributed by atoms with E-state index in [1.807, 2.05) is 0 Å². The number of hydrogen-bond donors (Lipinski definition) is 2. The molecule has 0 radical (unpaired) electrons. The summed E-state index contributed by atoms with van der Waals surface area (Å²) in [5.41, 5.74) is 5.70. The van der Waals surface area contributed by atoms with Gasteiger partial charge in [-0.1, -0.05) is 19.8 Å². The highest BCUT2D eigenvalue weighted by atomic mass is 16.2. The lowest BCUT2D eigenvalue weighted by atomic mass is 10.1. The Balaban J connectivity index is 2.45. The van der Waals surface area contributed by atoms with Crippen molar-refractivity contribution in [3.05, 3.63) is 6.33 Å². The van der Waals surface area contributed by atoms with Crippen LogP contribution < -0.4 is 11.1 Å². The third-order valence-corrected chi connectivity index (χ3v) is 2.15. The van der Waals surface area contributed by atoms with Gasteiger partial charge in [0.05, 0.1) is 6.04 Å². The Hall–Kier alpha value is -1.43. The predicted molar refractivity (Wildman–Crippen MR) is 57.1 cm³/mol. The van der Waals surface area contributed by atoms with Gasteiger partial charge in [-0.3, -0.25) is 10.1 Å². The Morgan fingerprint density at radius 2 is 2.47 bits per heavy atom. The second-order valence-corrected chi connectivity index (χ2v) is 3.45. The van der Waals surface area contributed by atoms with Crippen LogP contribution in [-0.2, 0) is 11.8 Å². The number of amides is 1. The molecule has 0 fully saturated rings. The molecule has 0 aliphatic rings. The molecule has 0 aromatic carbocycles. The van der Waals surface area contributed by atoms with Crippen molar-refractivity contribution in [2.24, 2.45) is 12.8 Å². The van der Waals surface area contributed by atoms with E-state index in [0.717, 1.165) is 12.8 Å². The lowest BCUT2D eigenvalue weighted by Crippen LogP contribution is -2.36. The molecule has 1 atom stereocenters. The summed E-state index contributed by atoms with van der Waals surface area (Å²) in [5, 5.41) is 6.47. The van der Waals surface area contributed by atoms with Gasteiger partial charge in [-0.05, 0) is 6.42 Å². The van der Waals surface area contributed by atoms with E-state index < -0.39 is 6.04 Å². The third kappa shape index (κ3) is 3.32. The standard InChI is InChI=1S/C9H17N5O/c1-3-4-5-7(10)8(15)13-9-11-6-12-14(9)2/h6-7H,3-5,10H2,1-2H3,(H,11,12,13,15). The van der Waals surface area contributed by atoms with Crippen LogP contribution in [0.3, 0.4) is 0 Å². The first kappa shape index (κ1) is 11.6. The van der Waals surface area contributed by atoms with Gasteiger partial charge in [-0.25, -0.2) is 4.68 Å². The van der Waals surface area contributed by atoms with Gasteiger partial charge in [0.15, 0.2) is 0 Å². The number of unbranched alkanes of at least 4 members (excludes halogenated alkanes) is 1. The van der Waals surface area contributed by atoms with E-state index in [-0.39, 0.29) is 5.91 Å². The van der Waals surface area contributed by atoms with Crippen molar-refractivity contribution in [1.29, 1.82) is 0 Å². The van der Waals surface area contributed by atoms with E-state index in [1.54, 1.807) is 7.05 Å². The zero-order chi connectivity index (χ0) is 11.3. The minimum absolute atomic E-state index is 0.209. The Labute approximate surface area is 88.9 Å². The normalized spacial score (nSPS) is 12.5. The average Bonchev–Trinajstić information content (AvgIpc) is 2.61. The third-order valence-electron chi connectivity index (χ3n) is 2.15. The second-order valence-electron chi connectivity index (χ2n) is 3.45. The van der Waals surface area contributed by atoms with Gasteiger partial charge in [-0.15, -0.1) is 0 Å². The molecule has 0 aliphatic carbocycles. The van der Waals surface area contributed by atoms with Gasteiger partial charge in [0, 0.05) is 7.05 Å². The van der Waals surface area contributed by atoms with Crippen molar-refractivity contribution < 1.29 is 4.79 Å². The average molecular weight is 211 g/mol. The fourth-order valence-electron chi connectivity index (χ4n) is 1.17. The molecule has 15 heavy (non-hydrogen) atoms. The fraction of sp³-hybridized carbons (Fsp3) is 0.667. The molecule has 6 nitrogen and oxygen atoms in total. The molecule has 1 aromatic rings. The summed E-state index contributed by atoms with van der Waals surface area (Å²) in [6.45, 7) is 2.06. The minimum Gasteiger partial charge on any atom is -0.320 e. The summed E-state index contributed by atoms with van der Waals surface area (Å²) in [6.07, 6.45) is 4.06. The predicted octanol–water partition coefficient (Wildman–Crippen LogP) is 0.271. The van der Waals surface area contributed by atoms with E-state index in [2.05, 4.69) is 22.3 Å². The van der Waals surface area contributed by atoms with E-state index in [9.17, 15) is 4.79 Å². The van der Waals surface area contributed by atoms with Crippen LogP contribution in [0.4, 0.5) is 5.95 Å². The maximum atomic E-state index is 11.6. The first-order chi connectivity index (χ1) is 7.15. The Morgan fingerprint density at radius 3 is 3.00 bits per heavy atom. The van der Waals surface area contributed by atoms with Crippen LogP contribution in [0.1, 0.15) is 26.2 Å². The molecule has 1 heterocycles. The number of carbonyl (C=O) groups is 1. The summed E-state index contributed by atoms with van der Waals surface area (Å²) in [6, 6.07) is -0.471. The highest BCUT2D eigenvalue weighted by Crippen LogP contribution is 2.02. The monoisotopic (exact) mass is 211 g/mol. The number of nitrogens with two attached hydrogens (primary N) is 1. The number of aromatic nitrogens is 3. The largest absolute Gasteiger partial charge is 0.320 e. The van der Waals surface area contributed by atoms with E-state index >= 15 is 0 Å². The topological polar surface area (TPSA) is 85.8 Å². The van der Waals surface area contributed by atoms with Crippen molar-refractivity contribution in [1.82, 2.24) is 14.8 Å². The van der Waals surface area contributed by atoms with Crippen LogP contribution in [0.15, 0.2) is 6.33 Å². The number of rotatable bonds is 5. The molecule has 0 saturated carbocycles. The van der Waals surface area contributed by atoms with Gasteiger partial charge < -0.3 is 5.73 Å². The molecule has 0 saturated heterocycles. The highest BCUT2D eigenvalue weighted by molar-refractivity contribution is 5.93. The molecule has 1 aromatic heterocycles. The van der Waals surface area contributed by atoms with Gasteiger partial charge >= 0.3 is 0 Å². The first-order valence-corrected chi connectivity index (χ1v) is 5.05. The van der Waals surface area contributed by atoms with Crippen molar-refractivity contribution >= 4 is 11.9 Å². The molecule has 1 unspecified atom stereocenters. The number of aryl methyl sites for hydroxylation is 1. The molecule has 0 bridgehead atoms. The van der Waals surface area contributed by atoms with Crippen LogP contribution in [-0.4, -0.2) is 26.7 Å². The van der Waals surface area contributed by atoms with Crippen LogP contribution in [0, 0.1) is 0 Å². The van der Waals surface area contributed by atoms with E-state index in [4.69, 9.17) is 5.73 Å². The lowest BCUT2D eigenvalue weighted by Gasteiger charge is -2.10. The molecule has 0 spiro atoms. The van der Waals surface area contributed by atoms with Crippen molar-refractivity contribution in [2.75, 3.05) is 5.32 Å². The summed E-state index contributed by atoms with van der Waals surface area (Å²) >= 11 is 0. The Kier molecular flexibility index (Phi) is 4.23. The van der Waals surface area contributed by atoms with Crippen molar-refractivity contribution in [3.8, 4) is 0 Å². The van der Waals surface area contributed by atoms with Crippen molar-refractivity contribution in [3.63, 3.8) is 0 Å². The summed E-state index contributed by atoms with van der Waals surface area (Å²) in [5.74, 6) is 0.214. The number of hydrogen-bond acceptors (Lipinski definition) is 4. The Morgan fingerprint density at radius 1 is 1.73 bits per heavy atom. The summed E-state index contributed by atoms with van der Waals surface area (Å²) < 4.78 is 1.49. The highest BCUT2D eigenvalue weighted by Gasteiger charge is 2.14. The van der Waals surface area contributed by atoms with Crippen LogP contribution >= 0.6 is 0 Å². The molecule has 1 rings (SSSR count). The van der Waals surface area contributed by atoms with Crippen LogP contribution in [0.25, 0.3) is 0 Å². The first-order valence-electron chi connectivity index (χ1n) is 5.05. The summed E-state index contributed by atoms with van der Waals surface area (Å²) in [4.78, 5) is 15.4. The fourth-order valence-corrected chi connectivity index (χ4v) is 1.17. The van der Waals surface area contributed by atoms with E-state index in [0.29, 0.717) is 12.4 Å². The number of carbonyl (C=O) groups excluding carboxylic acids is 1. The lowest BCUT2D eigenvalue weighted by molar-refractivity contribution is -0.117. The van der Waals surface area contributed by atoms with Gasteiger partial charge in [0.25, 0.3) is 0 Å². The number of anilines is 1. The Bertz CT molecular complexity index is 322. The maximum absolute atomic E-state index is 11.6. The minimum atomic E-state index is -0.471.